The molecule has 0 radical (unpaired) electrons. The standard InChI is InChI=1S/C11H17NOS/c1-7-4-12-5-10-11(13-7)9(6-14-10)8-2-3-8/h7-9,12H,2-6H2,1H3/t7-,9?/m0/s1. The van der Waals surface area contributed by atoms with Gasteiger partial charge in [0.1, 0.15) is 11.9 Å². The summed E-state index contributed by atoms with van der Waals surface area (Å²) in [6.45, 7) is 4.19. The Labute approximate surface area is 89.5 Å². The molecule has 1 saturated carbocycles. The quantitative estimate of drug-likeness (QED) is 0.716. The molecule has 3 rings (SSSR count). The zero-order valence-corrected chi connectivity index (χ0v) is 9.40. The molecule has 0 saturated heterocycles. The second-order valence-electron chi connectivity index (χ2n) is 4.60. The van der Waals surface area contributed by atoms with Crippen molar-refractivity contribution >= 4 is 11.8 Å². The highest BCUT2D eigenvalue weighted by atomic mass is 32.2. The van der Waals surface area contributed by atoms with Gasteiger partial charge >= 0.3 is 0 Å². The highest BCUT2D eigenvalue weighted by Crippen LogP contribution is 2.49. The topological polar surface area (TPSA) is 21.3 Å². The highest BCUT2D eigenvalue weighted by Gasteiger charge is 2.40. The van der Waals surface area contributed by atoms with E-state index in [-0.39, 0.29) is 0 Å². The molecule has 0 spiro atoms. The van der Waals surface area contributed by atoms with Crippen LogP contribution in [0.25, 0.3) is 0 Å². The Balaban J connectivity index is 1.82. The average molecular weight is 211 g/mol. The number of thioether (sulfide) groups is 1. The Morgan fingerprint density at radius 2 is 2.29 bits per heavy atom. The van der Waals surface area contributed by atoms with E-state index < -0.39 is 0 Å². The smallest absolute Gasteiger partial charge is 0.111 e. The fourth-order valence-electron chi connectivity index (χ4n) is 2.33. The molecular weight excluding hydrogens is 194 g/mol. The lowest BCUT2D eigenvalue weighted by Gasteiger charge is -2.18. The van der Waals surface area contributed by atoms with Crippen LogP contribution in [0.15, 0.2) is 10.7 Å². The van der Waals surface area contributed by atoms with Crippen LogP contribution >= 0.6 is 11.8 Å². The molecule has 2 heterocycles. The zero-order chi connectivity index (χ0) is 9.54. The van der Waals surface area contributed by atoms with Crippen LogP contribution < -0.4 is 5.32 Å². The van der Waals surface area contributed by atoms with E-state index in [9.17, 15) is 0 Å². The first-order valence-corrected chi connectivity index (χ1v) is 6.56. The van der Waals surface area contributed by atoms with Gasteiger partial charge in [-0.05, 0) is 25.7 Å². The van der Waals surface area contributed by atoms with E-state index in [1.54, 1.807) is 0 Å². The molecule has 0 aromatic rings. The fraction of sp³-hybridized carbons (Fsp3) is 0.818. The summed E-state index contributed by atoms with van der Waals surface area (Å²) in [6, 6.07) is 0. The van der Waals surface area contributed by atoms with Crippen molar-refractivity contribution in [1.29, 1.82) is 0 Å². The van der Waals surface area contributed by atoms with Crippen LogP contribution in [-0.2, 0) is 4.74 Å². The molecule has 0 amide bonds. The van der Waals surface area contributed by atoms with Gasteiger partial charge in [0.25, 0.3) is 0 Å². The third-order valence-corrected chi connectivity index (χ3v) is 4.51. The molecule has 1 unspecified atom stereocenters. The van der Waals surface area contributed by atoms with Gasteiger partial charge in [0, 0.05) is 29.7 Å². The summed E-state index contributed by atoms with van der Waals surface area (Å²) >= 11 is 2.01. The predicted molar refractivity (Wildman–Crippen MR) is 59.1 cm³/mol. The largest absolute Gasteiger partial charge is 0.493 e. The molecule has 1 fully saturated rings. The summed E-state index contributed by atoms with van der Waals surface area (Å²) in [6.07, 6.45) is 3.20. The normalized spacial score (nSPS) is 37.8. The van der Waals surface area contributed by atoms with E-state index in [0.717, 1.165) is 24.9 Å². The first-order valence-electron chi connectivity index (χ1n) is 5.58. The summed E-state index contributed by atoms with van der Waals surface area (Å²) in [5.41, 5.74) is 0. The van der Waals surface area contributed by atoms with Crippen molar-refractivity contribution in [2.24, 2.45) is 11.8 Å². The number of hydrogen-bond donors (Lipinski definition) is 1. The molecule has 1 aliphatic carbocycles. The van der Waals surface area contributed by atoms with E-state index in [0.29, 0.717) is 6.10 Å². The van der Waals surface area contributed by atoms with Crippen molar-refractivity contribution in [3.63, 3.8) is 0 Å². The molecule has 3 heteroatoms. The lowest BCUT2D eigenvalue weighted by Crippen LogP contribution is -2.25. The monoisotopic (exact) mass is 211 g/mol. The number of hydrogen-bond acceptors (Lipinski definition) is 3. The van der Waals surface area contributed by atoms with Gasteiger partial charge in [-0.25, -0.2) is 0 Å². The first kappa shape index (κ1) is 9.10. The van der Waals surface area contributed by atoms with E-state index >= 15 is 0 Å². The lowest BCUT2D eigenvalue weighted by atomic mass is 10.0. The zero-order valence-electron chi connectivity index (χ0n) is 8.58. The SMILES string of the molecule is C[C@H]1CNCC2=C(O1)C(C1CC1)CS2. The Bertz CT molecular complexity index is 272. The minimum atomic E-state index is 0.349. The van der Waals surface area contributed by atoms with Gasteiger partial charge in [-0.2, -0.15) is 0 Å². The Hall–Kier alpha value is -0.150. The van der Waals surface area contributed by atoms with Gasteiger partial charge in [0.2, 0.25) is 0 Å². The molecule has 2 nitrogen and oxygen atoms in total. The maximum atomic E-state index is 6.05. The summed E-state index contributed by atoms with van der Waals surface area (Å²) in [5, 5.41) is 3.44. The number of nitrogens with one attached hydrogen (secondary N) is 1. The number of ether oxygens (including phenoxy) is 1. The molecule has 14 heavy (non-hydrogen) atoms. The molecule has 0 bridgehead atoms. The van der Waals surface area contributed by atoms with Crippen molar-refractivity contribution in [2.75, 3.05) is 18.8 Å². The molecule has 1 N–H and O–H groups in total. The van der Waals surface area contributed by atoms with Crippen LogP contribution in [-0.4, -0.2) is 24.9 Å². The summed E-state index contributed by atoms with van der Waals surface area (Å²) in [7, 11) is 0. The Kier molecular flexibility index (Phi) is 2.25. The van der Waals surface area contributed by atoms with Crippen LogP contribution in [0.3, 0.4) is 0 Å². The second kappa shape index (κ2) is 3.46. The van der Waals surface area contributed by atoms with Gasteiger partial charge in [-0.3, -0.25) is 0 Å². The maximum absolute atomic E-state index is 6.05. The molecular formula is C11H17NOS. The highest BCUT2D eigenvalue weighted by molar-refractivity contribution is 8.03. The first-order chi connectivity index (χ1) is 6.84. The summed E-state index contributed by atoms with van der Waals surface area (Å²) in [5.74, 6) is 4.30. The van der Waals surface area contributed by atoms with Gasteiger partial charge < -0.3 is 10.1 Å². The van der Waals surface area contributed by atoms with E-state index in [4.69, 9.17) is 4.74 Å². The van der Waals surface area contributed by atoms with Gasteiger partial charge in [-0.1, -0.05) is 0 Å². The van der Waals surface area contributed by atoms with Crippen LogP contribution in [0.2, 0.25) is 0 Å². The molecule has 78 valence electrons. The molecule has 3 aliphatic rings. The molecule has 0 aromatic carbocycles. The predicted octanol–water partition coefficient (Wildman–Crippen LogP) is 1.98. The Morgan fingerprint density at radius 1 is 1.43 bits per heavy atom. The third-order valence-electron chi connectivity index (χ3n) is 3.29. The van der Waals surface area contributed by atoms with Crippen LogP contribution in [0.5, 0.6) is 0 Å². The van der Waals surface area contributed by atoms with Crippen LogP contribution in [0, 0.1) is 11.8 Å². The molecule has 0 aromatic heterocycles. The van der Waals surface area contributed by atoms with Gasteiger partial charge in [-0.15, -0.1) is 11.8 Å². The van der Waals surface area contributed by atoms with Crippen LogP contribution in [0.1, 0.15) is 19.8 Å². The second-order valence-corrected chi connectivity index (χ2v) is 5.72. The van der Waals surface area contributed by atoms with Crippen molar-refractivity contribution in [2.45, 2.75) is 25.9 Å². The molecule has 2 aliphatic heterocycles. The van der Waals surface area contributed by atoms with Crippen molar-refractivity contribution in [1.82, 2.24) is 5.32 Å². The average Bonchev–Trinajstić information content (AvgIpc) is 2.95. The van der Waals surface area contributed by atoms with E-state index in [1.807, 2.05) is 11.8 Å². The fourth-order valence-corrected chi connectivity index (χ4v) is 3.68. The minimum absolute atomic E-state index is 0.349. The molecule has 2 atom stereocenters. The van der Waals surface area contributed by atoms with E-state index in [1.165, 1.54) is 29.3 Å². The minimum Gasteiger partial charge on any atom is -0.493 e. The third kappa shape index (κ3) is 1.57. The number of rotatable bonds is 1. The summed E-state index contributed by atoms with van der Waals surface area (Å²) in [4.78, 5) is 1.48. The van der Waals surface area contributed by atoms with Crippen molar-refractivity contribution in [3.05, 3.63) is 10.7 Å². The van der Waals surface area contributed by atoms with E-state index in [2.05, 4.69) is 12.2 Å². The number of allylic oxidation sites excluding steroid dienone is 1. The maximum Gasteiger partial charge on any atom is 0.111 e. The van der Waals surface area contributed by atoms with Gasteiger partial charge in [0.05, 0.1) is 0 Å². The van der Waals surface area contributed by atoms with Gasteiger partial charge in [0.15, 0.2) is 0 Å². The van der Waals surface area contributed by atoms with Crippen molar-refractivity contribution < 1.29 is 4.74 Å². The lowest BCUT2D eigenvalue weighted by molar-refractivity contribution is 0.112. The summed E-state index contributed by atoms with van der Waals surface area (Å²) < 4.78 is 6.05. The van der Waals surface area contributed by atoms with Crippen molar-refractivity contribution in [3.8, 4) is 0 Å². The Morgan fingerprint density at radius 3 is 3.07 bits per heavy atom. The van der Waals surface area contributed by atoms with Crippen LogP contribution in [0.4, 0.5) is 0 Å².